The third-order valence-electron chi connectivity index (χ3n) is 8.51. The van der Waals surface area contributed by atoms with Crippen molar-refractivity contribution in [1.29, 1.82) is 0 Å². The lowest BCUT2D eigenvalue weighted by molar-refractivity contribution is -0.889. The normalized spacial score (nSPS) is 13.5. The molecule has 0 aromatic rings. The zero-order valence-electron chi connectivity index (χ0n) is 32.5. The predicted molar refractivity (Wildman–Crippen MR) is 203 cm³/mol. The van der Waals surface area contributed by atoms with Crippen LogP contribution >= 0.6 is 0 Å². The summed E-state index contributed by atoms with van der Waals surface area (Å²) in [5.74, 6) is -1.77. The highest BCUT2D eigenvalue weighted by atomic mass is 16.6. The molecular weight excluding hydrogens is 630 g/mol. The highest BCUT2D eigenvalue weighted by Gasteiger charge is 2.25. The van der Waals surface area contributed by atoms with E-state index >= 15 is 0 Å². The molecule has 0 saturated carbocycles. The predicted octanol–water partition coefficient (Wildman–Crippen LogP) is 8.74. The molecule has 0 heterocycles. The Morgan fingerprint density at radius 2 is 1.14 bits per heavy atom. The van der Waals surface area contributed by atoms with Crippen molar-refractivity contribution >= 4 is 17.9 Å². The number of hydrogen-bond donors (Lipinski definition) is 0. The van der Waals surface area contributed by atoms with E-state index in [0.717, 1.165) is 70.6 Å². The van der Waals surface area contributed by atoms with Gasteiger partial charge in [0, 0.05) is 19.3 Å². The minimum Gasteiger partial charge on any atom is -0.544 e. The summed E-state index contributed by atoms with van der Waals surface area (Å²) in [6.07, 6.45) is 37.0. The number of carboxylic acids is 1. The van der Waals surface area contributed by atoms with Gasteiger partial charge in [-0.05, 0) is 51.4 Å². The van der Waals surface area contributed by atoms with Gasteiger partial charge in [0.15, 0.2) is 6.10 Å². The maximum Gasteiger partial charge on any atom is 0.306 e. The van der Waals surface area contributed by atoms with Gasteiger partial charge in [0.25, 0.3) is 0 Å². The lowest BCUT2D eigenvalue weighted by atomic mass is 10.1. The number of quaternary nitrogens is 1. The number of carbonyl (C=O) groups is 3. The van der Waals surface area contributed by atoms with E-state index < -0.39 is 18.1 Å². The molecule has 0 amide bonds. The Hall–Kier alpha value is -2.71. The first-order chi connectivity index (χ1) is 24.1. The van der Waals surface area contributed by atoms with Crippen LogP contribution in [0.5, 0.6) is 0 Å². The largest absolute Gasteiger partial charge is 0.544 e. The molecule has 2 atom stereocenters. The molecule has 2 unspecified atom stereocenters. The number of unbranched alkanes of at least 4 members (excludes halogenated alkanes) is 14. The van der Waals surface area contributed by atoms with Gasteiger partial charge in [0.05, 0.1) is 40.3 Å². The van der Waals surface area contributed by atoms with E-state index in [1.54, 1.807) is 21.1 Å². The Bertz CT molecular complexity index is 964. The third-order valence-corrected chi connectivity index (χ3v) is 8.51. The van der Waals surface area contributed by atoms with Crippen molar-refractivity contribution in [3.8, 4) is 0 Å². The van der Waals surface area contributed by atoms with Gasteiger partial charge in [-0.25, -0.2) is 0 Å². The van der Waals surface area contributed by atoms with Crippen molar-refractivity contribution in [2.24, 2.45) is 0 Å². The smallest absolute Gasteiger partial charge is 0.306 e. The molecule has 0 rings (SSSR count). The molecule has 288 valence electrons. The molecule has 0 saturated heterocycles. The average molecular weight is 704 g/mol. The fourth-order valence-corrected chi connectivity index (χ4v) is 5.40. The summed E-state index contributed by atoms with van der Waals surface area (Å²) in [5.41, 5.74) is 0. The van der Waals surface area contributed by atoms with E-state index in [1.807, 2.05) is 0 Å². The van der Waals surface area contributed by atoms with Crippen LogP contribution in [0.25, 0.3) is 0 Å². The molecule has 0 bridgehead atoms. The van der Waals surface area contributed by atoms with Gasteiger partial charge in [-0.3, -0.25) is 9.59 Å². The number of carbonyl (C=O) groups excluding carboxylic acids is 3. The number of carboxylic acid groups (broad SMARTS) is 1. The fraction of sp³-hybridized carbons (Fsp3) is 0.738. The van der Waals surface area contributed by atoms with Crippen LogP contribution in [0.15, 0.2) is 48.6 Å². The molecule has 0 aliphatic heterocycles. The highest BCUT2D eigenvalue weighted by Crippen LogP contribution is 2.13. The van der Waals surface area contributed by atoms with Crippen LogP contribution in [-0.4, -0.2) is 75.5 Å². The van der Waals surface area contributed by atoms with Gasteiger partial charge >= 0.3 is 11.9 Å². The molecule has 0 fully saturated rings. The van der Waals surface area contributed by atoms with Gasteiger partial charge in [0.2, 0.25) is 0 Å². The SMILES string of the molecule is CC/C=C/C=C/C=C/CCCCCCCCCC(=O)OCC(COCCC(C(=O)[O-])[N+](C)(C)C)OC(=O)CCCCCCC/C=C/CCCC. The van der Waals surface area contributed by atoms with Crippen molar-refractivity contribution in [3.63, 3.8) is 0 Å². The minimum absolute atomic E-state index is 0.0322. The van der Waals surface area contributed by atoms with E-state index in [2.05, 4.69) is 62.5 Å². The summed E-state index contributed by atoms with van der Waals surface area (Å²) in [6.45, 7) is 4.45. The highest BCUT2D eigenvalue weighted by molar-refractivity contribution is 5.70. The van der Waals surface area contributed by atoms with Crippen molar-refractivity contribution in [2.75, 3.05) is 41.0 Å². The van der Waals surface area contributed by atoms with Gasteiger partial charge in [-0.15, -0.1) is 0 Å². The maximum absolute atomic E-state index is 12.6. The molecule has 0 spiro atoms. The molecule has 8 nitrogen and oxygen atoms in total. The van der Waals surface area contributed by atoms with Crippen molar-refractivity contribution in [3.05, 3.63) is 48.6 Å². The van der Waals surface area contributed by atoms with Crippen LogP contribution < -0.4 is 5.11 Å². The van der Waals surface area contributed by atoms with Crippen molar-refractivity contribution < 1.29 is 38.2 Å². The molecule has 0 aromatic carbocycles. The molecule has 50 heavy (non-hydrogen) atoms. The number of esters is 2. The summed E-state index contributed by atoms with van der Waals surface area (Å²) >= 11 is 0. The Kier molecular flexibility index (Phi) is 31.6. The van der Waals surface area contributed by atoms with Gasteiger partial charge in [-0.2, -0.15) is 0 Å². The second kappa shape index (κ2) is 33.4. The van der Waals surface area contributed by atoms with E-state index in [9.17, 15) is 19.5 Å². The quantitative estimate of drug-likeness (QED) is 0.0217. The number of ether oxygens (including phenoxy) is 3. The lowest BCUT2D eigenvalue weighted by Gasteiger charge is -2.34. The molecule has 0 N–H and O–H groups in total. The summed E-state index contributed by atoms with van der Waals surface area (Å²) in [5, 5.41) is 11.6. The number of nitrogens with zero attached hydrogens (tertiary/aromatic N) is 1. The zero-order chi connectivity index (χ0) is 37.1. The standard InChI is InChI=1S/C42H73NO7/c1-6-8-10-12-14-16-18-19-20-21-23-24-26-28-30-32-40(44)49-37-38(36-48-35-34-39(42(46)47)43(3,4)5)50-41(45)33-31-29-27-25-22-17-15-13-11-9-7-2/h8,10,12-16,18,38-39H,6-7,9,11,17,19-37H2,1-5H3/b10-8+,14-12+,15-13+,18-16+. The first-order valence-corrected chi connectivity index (χ1v) is 19.7. The Morgan fingerprint density at radius 3 is 1.70 bits per heavy atom. The molecule has 0 aromatic heterocycles. The van der Waals surface area contributed by atoms with Crippen LogP contribution in [0.1, 0.15) is 149 Å². The summed E-state index contributed by atoms with van der Waals surface area (Å²) < 4.78 is 17.1. The van der Waals surface area contributed by atoms with Crippen LogP contribution in [0.3, 0.4) is 0 Å². The monoisotopic (exact) mass is 704 g/mol. The van der Waals surface area contributed by atoms with Crippen LogP contribution in [-0.2, 0) is 28.6 Å². The van der Waals surface area contributed by atoms with Crippen LogP contribution in [0, 0.1) is 0 Å². The Morgan fingerprint density at radius 1 is 0.620 bits per heavy atom. The summed E-state index contributed by atoms with van der Waals surface area (Å²) in [4.78, 5) is 36.7. The second-order valence-corrected chi connectivity index (χ2v) is 14.2. The van der Waals surface area contributed by atoms with E-state index in [1.165, 1.54) is 44.9 Å². The van der Waals surface area contributed by atoms with E-state index in [0.29, 0.717) is 12.8 Å². The van der Waals surface area contributed by atoms with Crippen molar-refractivity contribution in [1.82, 2.24) is 0 Å². The van der Waals surface area contributed by atoms with E-state index in [4.69, 9.17) is 14.2 Å². The molecule has 0 aliphatic rings. The molecule has 8 heteroatoms. The average Bonchev–Trinajstić information content (AvgIpc) is 3.06. The Balaban J connectivity index is 4.42. The first-order valence-electron chi connectivity index (χ1n) is 19.7. The van der Waals surface area contributed by atoms with Crippen LogP contribution in [0.2, 0.25) is 0 Å². The van der Waals surface area contributed by atoms with Gasteiger partial charge in [-0.1, -0.05) is 127 Å². The topological polar surface area (TPSA) is 102 Å². The first kappa shape index (κ1) is 47.3. The summed E-state index contributed by atoms with van der Waals surface area (Å²) in [6, 6.07) is -0.728. The number of hydrogen-bond acceptors (Lipinski definition) is 7. The van der Waals surface area contributed by atoms with Crippen molar-refractivity contribution in [2.45, 2.75) is 161 Å². The molecular formula is C42H73NO7. The zero-order valence-corrected chi connectivity index (χ0v) is 32.5. The van der Waals surface area contributed by atoms with Gasteiger partial charge in [0.1, 0.15) is 12.6 Å². The number of likely N-dealkylation sites (N-methyl/N-ethyl adjacent to an activating group) is 1. The molecule has 0 aliphatic carbocycles. The molecule has 0 radical (unpaired) electrons. The summed E-state index contributed by atoms with van der Waals surface area (Å²) in [7, 11) is 5.38. The van der Waals surface area contributed by atoms with Crippen LogP contribution in [0.4, 0.5) is 0 Å². The number of aliphatic carboxylic acids is 1. The minimum atomic E-state index is -1.13. The number of rotatable bonds is 34. The second-order valence-electron chi connectivity index (χ2n) is 14.2. The lowest BCUT2D eigenvalue weighted by Crippen LogP contribution is -2.55. The number of allylic oxidation sites excluding steroid dienone is 8. The van der Waals surface area contributed by atoms with E-state index in [-0.39, 0.29) is 42.7 Å². The third kappa shape index (κ3) is 31.3. The Labute approximate surface area is 306 Å². The maximum atomic E-state index is 12.6. The van der Waals surface area contributed by atoms with Gasteiger partial charge < -0.3 is 28.6 Å². The fourth-order valence-electron chi connectivity index (χ4n) is 5.40.